The van der Waals surface area contributed by atoms with Crippen molar-refractivity contribution in [3.05, 3.63) is 68.8 Å². The van der Waals surface area contributed by atoms with Gasteiger partial charge < -0.3 is 10.2 Å². The fourth-order valence-electron chi connectivity index (χ4n) is 2.80. The lowest BCUT2D eigenvalue weighted by atomic mass is 10.1. The highest BCUT2D eigenvalue weighted by Crippen LogP contribution is 2.27. The van der Waals surface area contributed by atoms with E-state index < -0.39 is 15.8 Å². The summed E-state index contributed by atoms with van der Waals surface area (Å²) in [6, 6.07) is 10.9. The first-order chi connectivity index (χ1) is 12.8. The molecule has 1 fully saturated rings. The van der Waals surface area contributed by atoms with Crippen molar-refractivity contribution in [1.29, 1.82) is 0 Å². The number of benzene rings is 2. The van der Waals surface area contributed by atoms with Gasteiger partial charge in [0.05, 0.1) is 15.8 Å². The molecule has 1 aliphatic heterocycles. The van der Waals surface area contributed by atoms with Crippen LogP contribution in [0.1, 0.15) is 6.42 Å². The van der Waals surface area contributed by atoms with Crippen molar-refractivity contribution in [2.75, 3.05) is 16.8 Å². The van der Waals surface area contributed by atoms with Crippen LogP contribution in [0.2, 0.25) is 0 Å². The maximum absolute atomic E-state index is 12.4. The summed E-state index contributed by atoms with van der Waals surface area (Å²) in [6.45, 7) is 0.148. The zero-order valence-electron chi connectivity index (χ0n) is 13.9. The molecule has 2 aromatic rings. The van der Waals surface area contributed by atoms with Gasteiger partial charge in [-0.25, -0.2) is 0 Å². The number of non-ortho nitro benzene ring substituents is 2. The van der Waals surface area contributed by atoms with Crippen molar-refractivity contribution >= 4 is 34.6 Å². The molecular formula is C17H14N4O6. The van der Waals surface area contributed by atoms with Crippen molar-refractivity contribution < 1.29 is 19.4 Å². The normalized spacial score (nSPS) is 16.2. The monoisotopic (exact) mass is 370 g/mol. The van der Waals surface area contributed by atoms with E-state index in [9.17, 15) is 29.8 Å². The lowest BCUT2D eigenvalue weighted by molar-refractivity contribution is -0.385. The Bertz CT molecular complexity index is 910. The first-order valence-corrected chi connectivity index (χ1v) is 7.95. The lowest BCUT2D eigenvalue weighted by Gasteiger charge is -2.16. The lowest BCUT2D eigenvalue weighted by Crippen LogP contribution is -2.28. The highest BCUT2D eigenvalue weighted by atomic mass is 16.6. The Kier molecular flexibility index (Phi) is 4.79. The number of anilines is 2. The third-order valence-electron chi connectivity index (χ3n) is 4.21. The van der Waals surface area contributed by atoms with Crippen molar-refractivity contribution in [3.8, 4) is 0 Å². The summed E-state index contributed by atoms with van der Waals surface area (Å²) >= 11 is 0. The Morgan fingerprint density at radius 1 is 0.963 bits per heavy atom. The second-order valence-electron chi connectivity index (χ2n) is 5.97. The molecule has 1 heterocycles. The van der Waals surface area contributed by atoms with E-state index in [-0.39, 0.29) is 36.2 Å². The summed E-state index contributed by atoms with van der Waals surface area (Å²) in [7, 11) is 0. The maximum atomic E-state index is 12.4. The minimum atomic E-state index is -0.595. The summed E-state index contributed by atoms with van der Waals surface area (Å²) < 4.78 is 0. The quantitative estimate of drug-likeness (QED) is 0.634. The zero-order chi connectivity index (χ0) is 19.6. The van der Waals surface area contributed by atoms with Crippen LogP contribution >= 0.6 is 0 Å². The summed E-state index contributed by atoms with van der Waals surface area (Å²) in [4.78, 5) is 46.3. The van der Waals surface area contributed by atoms with Crippen LogP contribution in [0.25, 0.3) is 0 Å². The predicted octanol–water partition coefficient (Wildman–Crippen LogP) is 2.49. The third kappa shape index (κ3) is 3.89. The molecule has 138 valence electrons. The molecule has 0 unspecified atom stereocenters. The molecular weight excluding hydrogens is 356 g/mol. The molecule has 10 heteroatoms. The van der Waals surface area contributed by atoms with Gasteiger partial charge in [-0.2, -0.15) is 0 Å². The van der Waals surface area contributed by atoms with E-state index in [0.29, 0.717) is 11.4 Å². The number of hydrogen-bond acceptors (Lipinski definition) is 6. The molecule has 3 rings (SSSR count). The topological polar surface area (TPSA) is 136 Å². The standard InChI is InChI=1S/C17H14N4O6/c22-16-9-11(10-19(16)13-5-7-15(8-6-13)21(26)27)17(23)18-12-1-3-14(4-2-12)20(24)25/h1-8,11H,9-10H2,(H,18,23)/t11-/m1/s1. The molecule has 1 saturated heterocycles. The van der Waals surface area contributed by atoms with E-state index in [0.717, 1.165) is 0 Å². The molecule has 0 spiro atoms. The van der Waals surface area contributed by atoms with Crippen LogP contribution < -0.4 is 10.2 Å². The minimum absolute atomic E-state index is 0.00972. The van der Waals surface area contributed by atoms with Gasteiger partial charge >= 0.3 is 0 Å². The third-order valence-corrected chi connectivity index (χ3v) is 4.21. The highest BCUT2D eigenvalue weighted by molar-refractivity contribution is 6.03. The Morgan fingerprint density at radius 2 is 1.48 bits per heavy atom. The summed E-state index contributed by atoms with van der Waals surface area (Å²) in [6.07, 6.45) is 0.00972. The van der Waals surface area contributed by atoms with Gasteiger partial charge in [0.2, 0.25) is 11.8 Å². The molecule has 0 radical (unpaired) electrons. The van der Waals surface area contributed by atoms with Gasteiger partial charge in [-0.15, -0.1) is 0 Å². The molecule has 2 aromatic carbocycles. The fourth-order valence-corrected chi connectivity index (χ4v) is 2.80. The van der Waals surface area contributed by atoms with Crippen LogP contribution in [0.5, 0.6) is 0 Å². The number of nitro benzene ring substituents is 2. The Balaban J connectivity index is 1.66. The molecule has 0 bridgehead atoms. The van der Waals surface area contributed by atoms with Crippen LogP contribution in [0, 0.1) is 26.1 Å². The van der Waals surface area contributed by atoms with Crippen molar-refractivity contribution in [2.45, 2.75) is 6.42 Å². The molecule has 1 atom stereocenters. The van der Waals surface area contributed by atoms with E-state index in [2.05, 4.69) is 5.32 Å². The summed E-state index contributed by atoms with van der Waals surface area (Å²) in [5.41, 5.74) is 0.703. The molecule has 0 saturated carbocycles. The largest absolute Gasteiger partial charge is 0.326 e. The number of nitrogens with one attached hydrogen (secondary N) is 1. The van der Waals surface area contributed by atoms with Crippen molar-refractivity contribution in [1.82, 2.24) is 0 Å². The number of rotatable bonds is 5. The Labute approximate surface area is 152 Å². The first kappa shape index (κ1) is 18.0. The van der Waals surface area contributed by atoms with Gasteiger partial charge in [-0.1, -0.05) is 0 Å². The zero-order valence-corrected chi connectivity index (χ0v) is 13.9. The molecule has 1 aliphatic rings. The molecule has 0 aromatic heterocycles. The fraction of sp³-hybridized carbons (Fsp3) is 0.176. The maximum Gasteiger partial charge on any atom is 0.269 e. The average molecular weight is 370 g/mol. The number of nitrogens with zero attached hydrogens (tertiary/aromatic N) is 3. The van der Waals surface area contributed by atoms with E-state index in [1.165, 1.54) is 53.4 Å². The van der Waals surface area contributed by atoms with E-state index in [1.54, 1.807) is 0 Å². The van der Waals surface area contributed by atoms with E-state index in [4.69, 9.17) is 0 Å². The molecule has 1 N–H and O–H groups in total. The number of nitro groups is 2. The SMILES string of the molecule is O=C(Nc1ccc([N+](=O)[O-])cc1)[C@@H]1CC(=O)N(c2ccc([N+](=O)[O-])cc2)C1. The van der Waals surface area contributed by atoms with E-state index >= 15 is 0 Å². The Morgan fingerprint density at radius 3 is 2.00 bits per heavy atom. The number of amides is 2. The van der Waals surface area contributed by atoms with Gasteiger partial charge in [0.25, 0.3) is 11.4 Å². The molecule has 10 nitrogen and oxygen atoms in total. The first-order valence-electron chi connectivity index (χ1n) is 7.95. The van der Waals surface area contributed by atoms with Gasteiger partial charge in [0, 0.05) is 48.6 Å². The van der Waals surface area contributed by atoms with Crippen LogP contribution in [-0.2, 0) is 9.59 Å². The number of hydrogen-bond donors (Lipinski definition) is 1. The van der Waals surface area contributed by atoms with Crippen molar-refractivity contribution in [2.24, 2.45) is 5.92 Å². The van der Waals surface area contributed by atoms with Gasteiger partial charge in [0.1, 0.15) is 0 Å². The van der Waals surface area contributed by atoms with Gasteiger partial charge in [0.15, 0.2) is 0 Å². The minimum Gasteiger partial charge on any atom is -0.326 e. The second kappa shape index (κ2) is 7.20. The molecule has 0 aliphatic carbocycles. The van der Waals surface area contributed by atoms with Crippen LogP contribution in [0.4, 0.5) is 22.7 Å². The van der Waals surface area contributed by atoms with E-state index in [1.807, 2.05) is 0 Å². The van der Waals surface area contributed by atoms with Crippen LogP contribution in [-0.4, -0.2) is 28.2 Å². The Hall–Kier alpha value is -3.82. The van der Waals surface area contributed by atoms with Crippen LogP contribution in [0.3, 0.4) is 0 Å². The predicted molar refractivity (Wildman–Crippen MR) is 95.3 cm³/mol. The van der Waals surface area contributed by atoms with Crippen LogP contribution in [0.15, 0.2) is 48.5 Å². The smallest absolute Gasteiger partial charge is 0.269 e. The number of carbonyl (C=O) groups excluding carboxylic acids is 2. The molecule has 27 heavy (non-hydrogen) atoms. The molecule has 2 amide bonds. The summed E-state index contributed by atoms with van der Waals surface area (Å²) in [5, 5.41) is 24.0. The summed E-state index contributed by atoms with van der Waals surface area (Å²) in [5.74, 6) is -1.22. The van der Waals surface area contributed by atoms with Crippen molar-refractivity contribution in [3.63, 3.8) is 0 Å². The highest BCUT2D eigenvalue weighted by Gasteiger charge is 2.35. The second-order valence-corrected chi connectivity index (χ2v) is 5.97. The van der Waals surface area contributed by atoms with Gasteiger partial charge in [-0.05, 0) is 24.3 Å². The average Bonchev–Trinajstić information content (AvgIpc) is 3.04. The van der Waals surface area contributed by atoms with Gasteiger partial charge in [-0.3, -0.25) is 29.8 Å². The number of carbonyl (C=O) groups is 2.